The van der Waals surface area contributed by atoms with E-state index in [9.17, 15) is 4.79 Å². The molecule has 0 N–H and O–H groups in total. The monoisotopic (exact) mass is 253 g/mol. The molecule has 2 rings (SSSR count). The van der Waals surface area contributed by atoms with E-state index in [1.807, 2.05) is 30.3 Å². The fourth-order valence-electron chi connectivity index (χ4n) is 2.13. The molecule has 19 heavy (non-hydrogen) atoms. The maximum absolute atomic E-state index is 12.2. The van der Waals surface area contributed by atoms with E-state index in [4.69, 9.17) is 0 Å². The first-order chi connectivity index (χ1) is 9.15. The number of nitrogens with zero attached hydrogens (tertiary/aromatic N) is 1. The summed E-state index contributed by atoms with van der Waals surface area (Å²) in [6.45, 7) is 4.37. The lowest BCUT2D eigenvalue weighted by Gasteiger charge is -2.07. The van der Waals surface area contributed by atoms with Crippen molar-refractivity contribution in [3.63, 3.8) is 0 Å². The predicted octanol–water partition coefficient (Wildman–Crippen LogP) is 3.71. The summed E-state index contributed by atoms with van der Waals surface area (Å²) in [4.78, 5) is 16.2. The van der Waals surface area contributed by atoms with Crippen LogP contribution in [0.1, 0.15) is 35.3 Å². The van der Waals surface area contributed by atoms with Gasteiger partial charge in [-0.3, -0.25) is 9.78 Å². The van der Waals surface area contributed by atoms with Crippen molar-refractivity contribution < 1.29 is 4.79 Å². The Kier molecular flexibility index (Phi) is 4.45. The van der Waals surface area contributed by atoms with E-state index in [2.05, 4.69) is 24.9 Å². The Bertz CT molecular complexity index is 546. The van der Waals surface area contributed by atoms with Crippen molar-refractivity contribution in [1.29, 1.82) is 0 Å². The van der Waals surface area contributed by atoms with Gasteiger partial charge in [-0.05, 0) is 41.7 Å². The van der Waals surface area contributed by atoms with Crippen molar-refractivity contribution in [1.82, 2.24) is 4.98 Å². The molecule has 0 radical (unpaired) electrons. The average molecular weight is 253 g/mol. The van der Waals surface area contributed by atoms with Gasteiger partial charge in [0.25, 0.3) is 0 Å². The molecule has 0 aliphatic heterocycles. The Balaban J connectivity index is 2.11. The molecule has 0 spiro atoms. The van der Waals surface area contributed by atoms with Crippen LogP contribution in [0.2, 0.25) is 0 Å². The van der Waals surface area contributed by atoms with E-state index in [0.717, 1.165) is 17.5 Å². The van der Waals surface area contributed by atoms with Gasteiger partial charge in [-0.25, -0.2) is 0 Å². The molecular weight excluding hydrogens is 234 g/mol. The molecule has 1 aromatic carbocycles. The van der Waals surface area contributed by atoms with Crippen LogP contribution in [0.15, 0.2) is 48.8 Å². The molecule has 0 saturated heterocycles. The summed E-state index contributed by atoms with van der Waals surface area (Å²) >= 11 is 0. The maximum Gasteiger partial charge on any atom is 0.167 e. The fraction of sp³-hybridized carbons (Fsp3) is 0.294. The Labute approximate surface area is 114 Å². The summed E-state index contributed by atoms with van der Waals surface area (Å²) in [5.41, 5.74) is 3.04. The molecule has 0 atom stereocenters. The molecule has 0 unspecified atom stereocenters. The van der Waals surface area contributed by atoms with Gasteiger partial charge in [0.05, 0.1) is 0 Å². The van der Waals surface area contributed by atoms with Crippen LogP contribution in [0, 0.1) is 5.92 Å². The SMILES string of the molecule is CC(C)Cc1cccc(C(=O)Cc2ccncc2)c1. The molecule has 2 nitrogen and oxygen atoms in total. The van der Waals surface area contributed by atoms with E-state index in [-0.39, 0.29) is 5.78 Å². The zero-order chi connectivity index (χ0) is 13.7. The minimum atomic E-state index is 0.164. The second-order valence-corrected chi connectivity index (χ2v) is 5.25. The summed E-state index contributed by atoms with van der Waals surface area (Å²) in [7, 11) is 0. The van der Waals surface area contributed by atoms with Gasteiger partial charge in [0.1, 0.15) is 0 Å². The van der Waals surface area contributed by atoms with E-state index in [0.29, 0.717) is 12.3 Å². The van der Waals surface area contributed by atoms with Crippen molar-refractivity contribution in [2.45, 2.75) is 26.7 Å². The van der Waals surface area contributed by atoms with Gasteiger partial charge < -0.3 is 0 Å². The minimum Gasteiger partial charge on any atom is -0.294 e. The molecule has 98 valence electrons. The normalized spacial score (nSPS) is 10.7. The van der Waals surface area contributed by atoms with Crippen LogP contribution in [0.5, 0.6) is 0 Å². The maximum atomic E-state index is 12.2. The standard InChI is InChI=1S/C17H19NO/c1-13(2)10-15-4-3-5-16(11-15)17(19)12-14-6-8-18-9-7-14/h3-9,11,13H,10,12H2,1-2H3. The van der Waals surface area contributed by atoms with Crippen LogP contribution in [0.3, 0.4) is 0 Å². The quantitative estimate of drug-likeness (QED) is 0.760. The first kappa shape index (κ1) is 13.5. The fourth-order valence-corrected chi connectivity index (χ4v) is 2.13. The molecule has 0 aliphatic rings. The van der Waals surface area contributed by atoms with E-state index >= 15 is 0 Å². The summed E-state index contributed by atoms with van der Waals surface area (Å²) in [6.07, 6.45) is 4.89. The third kappa shape index (κ3) is 4.02. The lowest BCUT2D eigenvalue weighted by molar-refractivity contribution is 0.0993. The highest BCUT2D eigenvalue weighted by atomic mass is 16.1. The lowest BCUT2D eigenvalue weighted by Crippen LogP contribution is -2.05. The molecule has 1 aromatic heterocycles. The number of hydrogen-bond donors (Lipinski definition) is 0. The van der Waals surface area contributed by atoms with Crippen LogP contribution in [-0.4, -0.2) is 10.8 Å². The number of ketones is 1. The summed E-state index contributed by atoms with van der Waals surface area (Å²) < 4.78 is 0. The topological polar surface area (TPSA) is 30.0 Å². The van der Waals surface area contributed by atoms with E-state index in [1.54, 1.807) is 12.4 Å². The number of carbonyl (C=O) groups is 1. The molecule has 1 heterocycles. The Morgan fingerprint density at radius 1 is 1.11 bits per heavy atom. The Hall–Kier alpha value is -1.96. The second kappa shape index (κ2) is 6.28. The Morgan fingerprint density at radius 2 is 1.84 bits per heavy atom. The zero-order valence-electron chi connectivity index (χ0n) is 11.5. The van der Waals surface area contributed by atoms with Gasteiger partial charge in [0.2, 0.25) is 0 Å². The van der Waals surface area contributed by atoms with Crippen molar-refractivity contribution >= 4 is 5.78 Å². The molecule has 0 bridgehead atoms. The van der Waals surface area contributed by atoms with Crippen LogP contribution < -0.4 is 0 Å². The van der Waals surface area contributed by atoms with Crippen LogP contribution in [0.4, 0.5) is 0 Å². The molecular formula is C17H19NO. The molecule has 2 heteroatoms. The highest BCUT2D eigenvalue weighted by Crippen LogP contribution is 2.13. The van der Waals surface area contributed by atoms with Crippen molar-refractivity contribution in [2.24, 2.45) is 5.92 Å². The van der Waals surface area contributed by atoms with Gasteiger partial charge in [-0.15, -0.1) is 0 Å². The van der Waals surface area contributed by atoms with Crippen LogP contribution >= 0.6 is 0 Å². The molecule has 2 aromatic rings. The first-order valence-corrected chi connectivity index (χ1v) is 6.66. The smallest absolute Gasteiger partial charge is 0.167 e. The number of Topliss-reactive ketones (excluding diaryl/α,β-unsaturated/α-hetero) is 1. The number of pyridine rings is 1. The summed E-state index contributed by atoms with van der Waals surface area (Å²) in [5.74, 6) is 0.766. The largest absolute Gasteiger partial charge is 0.294 e. The van der Waals surface area contributed by atoms with Crippen LogP contribution in [0.25, 0.3) is 0 Å². The predicted molar refractivity (Wildman–Crippen MR) is 77.3 cm³/mol. The number of carbonyl (C=O) groups excluding carboxylic acids is 1. The molecule has 0 aliphatic carbocycles. The van der Waals surface area contributed by atoms with Crippen LogP contribution in [-0.2, 0) is 12.8 Å². The highest BCUT2D eigenvalue weighted by molar-refractivity contribution is 5.97. The zero-order valence-corrected chi connectivity index (χ0v) is 11.5. The van der Waals surface area contributed by atoms with Crippen molar-refractivity contribution in [3.8, 4) is 0 Å². The number of benzene rings is 1. The molecule has 0 saturated carbocycles. The minimum absolute atomic E-state index is 0.164. The van der Waals surface area contributed by atoms with Crippen molar-refractivity contribution in [2.75, 3.05) is 0 Å². The van der Waals surface area contributed by atoms with Gasteiger partial charge in [0, 0.05) is 24.4 Å². The number of aromatic nitrogens is 1. The molecule has 0 amide bonds. The molecule has 0 fully saturated rings. The first-order valence-electron chi connectivity index (χ1n) is 6.66. The van der Waals surface area contributed by atoms with Gasteiger partial charge in [0.15, 0.2) is 5.78 Å². The summed E-state index contributed by atoms with van der Waals surface area (Å²) in [5, 5.41) is 0. The Morgan fingerprint density at radius 3 is 2.53 bits per heavy atom. The van der Waals surface area contributed by atoms with Crippen molar-refractivity contribution in [3.05, 3.63) is 65.5 Å². The number of hydrogen-bond acceptors (Lipinski definition) is 2. The third-order valence-electron chi connectivity index (χ3n) is 3.01. The van der Waals surface area contributed by atoms with E-state index < -0.39 is 0 Å². The number of rotatable bonds is 5. The van der Waals surface area contributed by atoms with Gasteiger partial charge in [-0.2, -0.15) is 0 Å². The second-order valence-electron chi connectivity index (χ2n) is 5.25. The van der Waals surface area contributed by atoms with E-state index in [1.165, 1.54) is 5.56 Å². The highest BCUT2D eigenvalue weighted by Gasteiger charge is 2.08. The average Bonchev–Trinajstić information content (AvgIpc) is 2.39. The van der Waals surface area contributed by atoms with Gasteiger partial charge in [-0.1, -0.05) is 32.0 Å². The lowest BCUT2D eigenvalue weighted by atomic mass is 9.98. The van der Waals surface area contributed by atoms with Gasteiger partial charge >= 0.3 is 0 Å². The summed E-state index contributed by atoms with van der Waals surface area (Å²) in [6, 6.07) is 11.7. The third-order valence-corrected chi connectivity index (χ3v) is 3.01.